The second-order valence-electron chi connectivity index (χ2n) is 4.64. The highest BCUT2D eigenvalue weighted by Gasteiger charge is 2.42. The van der Waals surface area contributed by atoms with E-state index in [4.69, 9.17) is 9.84 Å². The zero-order valence-electron chi connectivity index (χ0n) is 9.44. The van der Waals surface area contributed by atoms with Gasteiger partial charge in [0.2, 0.25) is 5.91 Å². The van der Waals surface area contributed by atoms with E-state index in [0.29, 0.717) is 6.61 Å². The minimum atomic E-state index is 0.00961. The summed E-state index contributed by atoms with van der Waals surface area (Å²) in [4.78, 5) is 13.0. The van der Waals surface area contributed by atoms with Crippen molar-refractivity contribution in [2.45, 2.75) is 19.4 Å². The molecule has 0 bridgehead atoms. The number of amides is 1. The molecule has 1 aromatic rings. The quantitative estimate of drug-likeness (QED) is 0.855. The molecule has 0 radical (unpaired) electrons. The van der Waals surface area contributed by atoms with E-state index in [-0.39, 0.29) is 24.3 Å². The first-order valence-electron chi connectivity index (χ1n) is 5.89. The number of fused-ring (bicyclic) bond motifs is 1. The fourth-order valence-corrected chi connectivity index (χ4v) is 3.25. The summed E-state index contributed by atoms with van der Waals surface area (Å²) in [6.45, 7) is 1.55. The molecule has 2 atom stereocenters. The summed E-state index contributed by atoms with van der Waals surface area (Å²) in [5, 5.41) is 12.8. The van der Waals surface area contributed by atoms with Gasteiger partial charge in [0.1, 0.15) is 0 Å². The number of hydrogen-bond acceptors (Lipinski definition) is 4. The molecule has 2 unspecified atom stereocenters. The molecular formula is C12H15NO3S. The van der Waals surface area contributed by atoms with Gasteiger partial charge >= 0.3 is 0 Å². The summed E-state index contributed by atoms with van der Waals surface area (Å²) in [7, 11) is 0. The Morgan fingerprint density at radius 2 is 2.53 bits per heavy atom. The lowest BCUT2D eigenvalue weighted by Gasteiger charge is -2.10. The molecule has 2 heterocycles. The lowest BCUT2D eigenvalue weighted by atomic mass is 10.2. The molecule has 17 heavy (non-hydrogen) atoms. The molecule has 2 aliphatic rings. The van der Waals surface area contributed by atoms with Crippen molar-refractivity contribution in [1.29, 1.82) is 0 Å². The van der Waals surface area contributed by atoms with E-state index in [1.807, 2.05) is 0 Å². The normalized spacial score (nSPS) is 26.4. The third-order valence-electron chi connectivity index (χ3n) is 3.39. The van der Waals surface area contributed by atoms with Gasteiger partial charge in [-0.2, -0.15) is 0 Å². The number of aliphatic hydroxyl groups is 1. The third kappa shape index (κ3) is 2.22. The minimum absolute atomic E-state index is 0.00961. The second-order valence-corrected chi connectivity index (χ2v) is 5.77. The van der Waals surface area contributed by atoms with Gasteiger partial charge in [0.05, 0.1) is 18.2 Å². The molecule has 5 heteroatoms. The summed E-state index contributed by atoms with van der Waals surface area (Å²) in [6, 6.07) is 2.05. The molecule has 0 saturated heterocycles. The van der Waals surface area contributed by atoms with Crippen molar-refractivity contribution in [2.24, 2.45) is 11.8 Å². The van der Waals surface area contributed by atoms with E-state index in [2.05, 4.69) is 11.4 Å². The van der Waals surface area contributed by atoms with Gasteiger partial charge in [0.25, 0.3) is 0 Å². The largest absolute Gasteiger partial charge is 0.396 e. The van der Waals surface area contributed by atoms with E-state index in [0.717, 1.165) is 24.4 Å². The first-order chi connectivity index (χ1) is 8.28. The predicted octanol–water partition coefficient (Wildman–Crippen LogP) is 1.39. The number of hydrogen-bond donors (Lipinski definition) is 2. The summed E-state index contributed by atoms with van der Waals surface area (Å²) in [5.74, 6) is 0.229. The fourth-order valence-electron chi connectivity index (χ4n) is 2.19. The van der Waals surface area contributed by atoms with Crippen LogP contribution in [0.25, 0.3) is 0 Å². The molecule has 2 N–H and O–H groups in total. The molecule has 92 valence electrons. The molecule has 0 aromatic carbocycles. The van der Waals surface area contributed by atoms with Gasteiger partial charge in [-0.05, 0) is 30.4 Å². The van der Waals surface area contributed by atoms with Crippen LogP contribution in [0.15, 0.2) is 6.07 Å². The van der Waals surface area contributed by atoms with Crippen molar-refractivity contribution in [2.75, 3.05) is 18.5 Å². The van der Waals surface area contributed by atoms with Crippen molar-refractivity contribution in [3.63, 3.8) is 0 Å². The molecule has 1 fully saturated rings. The smallest absolute Gasteiger partial charge is 0.228 e. The van der Waals surface area contributed by atoms with Crippen molar-refractivity contribution in [3.05, 3.63) is 16.5 Å². The van der Waals surface area contributed by atoms with Crippen LogP contribution in [-0.4, -0.2) is 24.2 Å². The van der Waals surface area contributed by atoms with Crippen LogP contribution in [0.2, 0.25) is 0 Å². The Morgan fingerprint density at radius 1 is 1.65 bits per heavy atom. The van der Waals surface area contributed by atoms with E-state index in [1.165, 1.54) is 10.4 Å². The second kappa shape index (κ2) is 4.40. The Hall–Kier alpha value is -0.910. The summed E-state index contributed by atoms with van der Waals surface area (Å²) in [6.07, 6.45) is 1.75. The van der Waals surface area contributed by atoms with Crippen LogP contribution < -0.4 is 5.32 Å². The van der Waals surface area contributed by atoms with E-state index >= 15 is 0 Å². The molecule has 4 nitrogen and oxygen atoms in total. The molecule has 1 aromatic heterocycles. The van der Waals surface area contributed by atoms with Crippen LogP contribution in [0.5, 0.6) is 0 Å². The van der Waals surface area contributed by atoms with E-state index in [9.17, 15) is 4.79 Å². The average Bonchev–Trinajstić information content (AvgIpc) is 3.02. The maximum atomic E-state index is 11.8. The van der Waals surface area contributed by atoms with Crippen molar-refractivity contribution in [3.8, 4) is 0 Å². The van der Waals surface area contributed by atoms with E-state index in [1.54, 1.807) is 11.3 Å². The number of nitrogens with one attached hydrogen (secondary N) is 1. The number of carbonyl (C=O) groups excluding carboxylic acids is 1. The van der Waals surface area contributed by atoms with Gasteiger partial charge in [-0.3, -0.25) is 4.79 Å². The van der Waals surface area contributed by atoms with Crippen molar-refractivity contribution < 1.29 is 14.6 Å². The topological polar surface area (TPSA) is 58.6 Å². The van der Waals surface area contributed by atoms with Gasteiger partial charge in [-0.1, -0.05) is 0 Å². The standard InChI is InChI=1S/C12H15NO3S/c14-5-8-3-9(8)12(15)13-11-4-7-1-2-16-6-10(7)17-11/h4,8-9,14H,1-3,5-6H2,(H,13,15). The first-order valence-corrected chi connectivity index (χ1v) is 6.70. The third-order valence-corrected chi connectivity index (χ3v) is 4.45. The van der Waals surface area contributed by atoms with Gasteiger partial charge in [0, 0.05) is 17.4 Å². The Kier molecular flexibility index (Phi) is 2.90. The highest BCUT2D eigenvalue weighted by molar-refractivity contribution is 7.16. The van der Waals surface area contributed by atoms with Crippen LogP contribution >= 0.6 is 11.3 Å². The molecule has 1 aliphatic heterocycles. The molecule has 0 spiro atoms. The zero-order chi connectivity index (χ0) is 11.8. The number of ether oxygens (including phenoxy) is 1. The SMILES string of the molecule is O=C(Nc1cc2c(s1)COCC2)C1CC1CO. The Labute approximate surface area is 104 Å². The molecule has 1 saturated carbocycles. The van der Waals surface area contributed by atoms with Crippen molar-refractivity contribution >= 4 is 22.2 Å². The Bertz CT molecular complexity index is 419. The number of thiophene rings is 1. The van der Waals surface area contributed by atoms with Crippen LogP contribution in [-0.2, 0) is 22.6 Å². The van der Waals surface area contributed by atoms with Crippen LogP contribution in [0.1, 0.15) is 16.9 Å². The zero-order valence-corrected chi connectivity index (χ0v) is 10.3. The van der Waals surface area contributed by atoms with Crippen LogP contribution in [0, 0.1) is 11.8 Å². The van der Waals surface area contributed by atoms with Gasteiger partial charge in [-0.25, -0.2) is 0 Å². The van der Waals surface area contributed by atoms with Gasteiger partial charge in [-0.15, -0.1) is 11.3 Å². The molecule has 3 rings (SSSR count). The van der Waals surface area contributed by atoms with Gasteiger partial charge in [0.15, 0.2) is 0 Å². The highest BCUT2D eigenvalue weighted by Crippen LogP contribution is 2.39. The predicted molar refractivity (Wildman–Crippen MR) is 65.0 cm³/mol. The fraction of sp³-hybridized carbons (Fsp3) is 0.583. The van der Waals surface area contributed by atoms with E-state index < -0.39 is 0 Å². The molecule has 1 amide bonds. The molecule has 1 aliphatic carbocycles. The lowest BCUT2D eigenvalue weighted by molar-refractivity contribution is -0.117. The maximum absolute atomic E-state index is 11.8. The van der Waals surface area contributed by atoms with Crippen LogP contribution in [0.3, 0.4) is 0 Å². The highest BCUT2D eigenvalue weighted by atomic mass is 32.1. The number of carbonyl (C=O) groups is 1. The number of aliphatic hydroxyl groups excluding tert-OH is 1. The van der Waals surface area contributed by atoms with Gasteiger partial charge < -0.3 is 15.2 Å². The summed E-state index contributed by atoms with van der Waals surface area (Å²) < 4.78 is 5.37. The first kappa shape index (κ1) is 11.2. The summed E-state index contributed by atoms with van der Waals surface area (Å²) >= 11 is 1.60. The number of anilines is 1. The molecular weight excluding hydrogens is 238 g/mol. The Morgan fingerprint density at radius 3 is 3.24 bits per heavy atom. The average molecular weight is 253 g/mol. The minimum Gasteiger partial charge on any atom is -0.396 e. The Balaban J connectivity index is 1.65. The maximum Gasteiger partial charge on any atom is 0.228 e. The summed E-state index contributed by atoms with van der Waals surface area (Å²) in [5.41, 5.74) is 1.30. The monoisotopic (exact) mass is 253 g/mol. The van der Waals surface area contributed by atoms with Crippen molar-refractivity contribution in [1.82, 2.24) is 0 Å². The van der Waals surface area contributed by atoms with Crippen LogP contribution in [0.4, 0.5) is 5.00 Å². The number of rotatable bonds is 3. The lowest BCUT2D eigenvalue weighted by Crippen LogP contribution is -2.14.